The van der Waals surface area contributed by atoms with Gasteiger partial charge >= 0.3 is 5.69 Å². The number of hydrogen-bond acceptors (Lipinski definition) is 4. The Morgan fingerprint density at radius 2 is 1.92 bits per heavy atom. The molecule has 0 saturated carbocycles. The van der Waals surface area contributed by atoms with Gasteiger partial charge in [0.2, 0.25) is 0 Å². The molecule has 24 heavy (non-hydrogen) atoms. The molecule has 0 fully saturated rings. The standard InChI is InChI=1S/C17H21N5OS/c1-13(2)15-8-6-14(7-9-15)11-20(3)12-21-17(23)22(19-18-21)16-5-4-10-24-16/h4-10,13H,11-12H2,1-3H3/p+1. The molecule has 126 valence electrons. The molecule has 0 bridgehead atoms. The van der Waals surface area contributed by atoms with Gasteiger partial charge in [0.05, 0.1) is 7.05 Å². The number of nitrogens with zero attached hydrogens (tertiary/aromatic N) is 4. The molecule has 2 aromatic heterocycles. The van der Waals surface area contributed by atoms with E-state index in [0.717, 1.165) is 11.5 Å². The molecule has 0 spiro atoms. The van der Waals surface area contributed by atoms with Crippen molar-refractivity contribution < 1.29 is 4.90 Å². The predicted molar refractivity (Wildman–Crippen MR) is 94.6 cm³/mol. The smallest absolute Gasteiger partial charge is 0.315 e. The van der Waals surface area contributed by atoms with Crippen LogP contribution in [-0.2, 0) is 13.2 Å². The Labute approximate surface area is 144 Å². The van der Waals surface area contributed by atoms with E-state index in [9.17, 15) is 4.79 Å². The highest BCUT2D eigenvalue weighted by molar-refractivity contribution is 7.12. The highest BCUT2D eigenvalue weighted by Crippen LogP contribution is 2.14. The average molecular weight is 344 g/mol. The minimum absolute atomic E-state index is 0.202. The molecule has 0 aliphatic heterocycles. The summed E-state index contributed by atoms with van der Waals surface area (Å²) < 4.78 is 2.76. The minimum Gasteiger partial charge on any atom is -0.315 e. The monoisotopic (exact) mass is 344 g/mol. The summed E-state index contributed by atoms with van der Waals surface area (Å²) in [6.07, 6.45) is 0. The molecule has 7 heteroatoms. The fourth-order valence-corrected chi connectivity index (χ4v) is 3.25. The average Bonchev–Trinajstić information content (AvgIpc) is 3.19. The van der Waals surface area contributed by atoms with Crippen LogP contribution >= 0.6 is 11.3 Å². The Morgan fingerprint density at radius 1 is 1.17 bits per heavy atom. The third-order valence-electron chi connectivity index (χ3n) is 3.93. The zero-order valence-electron chi connectivity index (χ0n) is 14.1. The van der Waals surface area contributed by atoms with Crippen LogP contribution in [0, 0.1) is 0 Å². The molecule has 0 saturated heterocycles. The van der Waals surface area contributed by atoms with Crippen LogP contribution in [0.4, 0.5) is 0 Å². The Bertz CT molecular complexity index is 833. The number of aromatic nitrogens is 4. The van der Waals surface area contributed by atoms with Crippen molar-refractivity contribution in [2.45, 2.75) is 33.0 Å². The molecule has 3 aromatic rings. The second-order valence-electron chi connectivity index (χ2n) is 6.31. The summed E-state index contributed by atoms with van der Waals surface area (Å²) in [6.45, 7) is 5.69. The van der Waals surface area contributed by atoms with E-state index >= 15 is 0 Å². The van der Waals surface area contributed by atoms with E-state index in [1.54, 1.807) is 0 Å². The van der Waals surface area contributed by atoms with Gasteiger partial charge in [-0.1, -0.05) is 38.1 Å². The first kappa shape index (κ1) is 16.6. The lowest BCUT2D eigenvalue weighted by Crippen LogP contribution is -3.07. The Kier molecular flexibility index (Phi) is 4.92. The Balaban J connectivity index is 1.67. The largest absolute Gasteiger partial charge is 0.374 e. The highest BCUT2D eigenvalue weighted by atomic mass is 32.1. The van der Waals surface area contributed by atoms with E-state index < -0.39 is 0 Å². The summed E-state index contributed by atoms with van der Waals surface area (Å²) in [5.41, 5.74) is 2.38. The Hall–Kier alpha value is -2.25. The zero-order valence-corrected chi connectivity index (χ0v) is 15.0. The summed E-state index contributed by atoms with van der Waals surface area (Å²) in [4.78, 5) is 13.5. The molecule has 1 aromatic carbocycles. The van der Waals surface area contributed by atoms with Gasteiger partial charge in [-0.25, -0.2) is 4.79 Å². The van der Waals surface area contributed by atoms with Crippen molar-refractivity contribution in [2.24, 2.45) is 0 Å². The van der Waals surface area contributed by atoms with Crippen LogP contribution in [0.2, 0.25) is 0 Å². The molecule has 0 aliphatic rings. The minimum atomic E-state index is -0.202. The number of rotatable bonds is 6. The van der Waals surface area contributed by atoms with E-state index in [4.69, 9.17) is 0 Å². The van der Waals surface area contributed by atoms with Gasteiger partial charge in [0.15, 0.2) is 6.67 Å². The third-order valence-corrected chi connectivity index (χ3v) is 4.77. The maximum absolute atomic E-state index is 12.4. The molecule has 0 amide bonds. The SMILES string of the molecule is CC(C)c1ccc(C[NH+](C)Cn2nnn(-c3cccs3)c2=O)cc1. The first-order valence-electron chi connectivity index (χ1n) is 8.01. The number of nitrogens with one attached hydrogen (secondary N) is 1. The lowest BCUT2D eigenvalue weighted by atomic mass is 10.0. The molecule has 1 atom stereocenters. The van der Waals surface area contributed by atoms with E-state index in [1.807, 2.05) is 24.6 Å². The van der Waals surface area contributed by atoms with Gasteiger partial charge < -0.3 is 4.90 Å². The van der Waals surface area contributed by atoms with Gasteiger partial charge in [-0.2, -0.15) is 0 Å². The van der Waals surface area contributed by atoms with Crippen molar-refractivity contribution in [1.29, 1.82) is 0 Å². The summed E-state index contributed by atoms with van der Waals surface area (Å²) in [5.74, 6) is 0.537. The summed E-state index contributed by atoms with van der Waals surface area (Å²) in [5, 5.41) is 10.7. The van der Waals surface area contributed by atoms with E-state index in [0.29, 0.717) is 12.6 Å². The van der Waals surface area contributed by atoms with Crippen molar-refractivity contribution in [3.8, 4) is 5.00 Å². The Morgan fingerprint density at radius 3 is 2.54 bits per heavy atom. The van der Waals surface area contributed by atoms with Crippen LogP contribution in [0.25, 0.3) is 5.00 Å². The topological polar surface area (TPSA) is 57.2 Å². The molecular formula is C17H22N5OS+. The van der Waals surface area contributed by atoms with E-state index in [-0.39, 0.29) is 5.69 Å². The molecular weight excluding hydrogens is 322 g/mol. The number of hydrogen-bond donors (Lipinski definition) is 1. The quantitative estimate of drug-likeness (QED) is 0.733. The maximum Gasteiger partial charge on any atom is 0.374 e. The van der Waals surface area contributed by atoms with Crippen LogP contribution in [0.1, 0.15) is 30.9 Å². The molecule has 3 rings (SSSR count). The number of thiophene rings is 1. The fraction of sp³-hybridized carbons (Fsp3) is 0.353. The fourth-order valence-electron chi connectivity index (χ4n) is 2.58. The third kappa shape index (κ3) is 3.63. The van der Waals surface area contributed by atoms with Crippen molar-refractivity contribution in [3.63, 3.8) is 0 Å². The second-order valence-corrected chi connectivity index (χ2v) is 7.24. The van der Waals surface area contributed by atoms with Gasteiger partial charge in [0.1, 0.15) is 11.5 Å². The van der Waals surface area contributed by atoms with E-state index in [2.05, 4.69) is 48.5 Å². The maximum atomic E-state index is 12.4. The lowest BCUT2D eigenvalue weighted by molar-refractivity contribution is -0.917. The van der Waals surface area contributed by atoms with Crippen molar-refractivity contribution in [2.75, 3.05) is 7.05 Å². The summed E-state index contributed by atoms with van der Waals surface area (Å²) >= 11 is 1.47. The first-order chi connectivity index (χ1) is 11.5. The lowest BCUT2D eigenvalue weighted by Gasteiger charge is -2.13. The number of benzene rings is 1. The molecule has 2 heterocycles. The van der Waals surface area contributed by atoms with Crippen LogP contribution in [0.5, 0.6) is 0 Å². The van der Waals surface area contributed by atoms with Crippen molar-refractivity contribution in [3.05, 3.63) is 63.4 Å². The summed E-state index contributed by atoms with van der Waals surface area (Å²) in [6, 6.07) is 12.4. The molecule has 1 N–H and O–H groups in total. The first-order valence-corrected chi connectivity index (χ1v) is 8.89. The van der Waals surface area contributed by atoms with E-state index in [1.165, 1.54) is 36.7 Å². The normalized spacial score (nSPS) is 12.7. The molecule has 0 radical (unpaired) electrons. The van der Waals surface area contributed by atoms with Gasteiger partial charge in [0.25, 0.3) is 0 Å². The van der Waals surface area contributed by atoms with Crippen LogP contribution < -0.4 is 10.6 Å². The molecule has 1 unspecified atom stereocenters. The van der Waals surface area contributed by atoms with Crippen molar-refractivity contribution in [1.82, 2.24) is 19.8 Å². The number of tetrazole rings is 1. The van der Waals surface area contributed by atoms with Gasteiger partial charge in [-0.15, -0.1) is 20.7 Å². The zero-order chi connectivity index (χ0) is 17.1. The highest BCUT2D eigenvalue weighted by Gasteiger charge is 2.13. The predicted octanol–water partition coefficient (Wildman–Crippen LogP) is 1.29. The second kappa shape index (κ2) is 7.11. The van der Waals surface area contributed by atoms with Crippen LogP contribution in [0.15, 0.2) is 46.6 Å². The van der Waals surface area contributed by atoms with Crippen molar-refractivity contribution >= 4 is 11.3 Å². The molecule has 0 aliphatic carbocycles. The van der Waals surface area contributed by atoms with Gasteiger partial charge in [-0.05, 0) is 39.4 Å². The van der Waals surface area contributed by atoms with Gasteiger partial charge in [-0.3, -0.25) is 0 Å². The summed E-state index contributed by atoms with van der Waals surface area (Å²) in [7, 11) is 2.05. The molecule has 6 nitrogen and oxygen atoms in total. The number of quaternary nitrogens is 1. The van der Waals surface area contributed by atoms with Crippen LogP contribution in [-0.4, -0.2) is 26.8 Å². The van der Waals surface area contributed by atoms with Crippen LogP contribution in [0.3, 0.4) is 0 Å². The van der Waals surface area contributed by atoms with Gasteiger partial charge in [0, 0.05) is 5.56 Å².